The molecule has 1 atom stereocenters. The monoisotopic (exact) mass is 304 g/mol. The van der Waals surface area contributed by atoms with Gasteiger partial charge in [-0.05, 0) is 41.8 Å². The average Bonchev–Trinajstić information content (AvgIpc) is 2.45. The Hall–Kier alpha value is -1.91. The van der Waals surface area contributed by atoms with Crippen LogP contribution in [0.2, 0.25) is 5.02 Å². The van der Waals surface area contributed by atoms with E-state index in [2.05, 4.69) is 5.32 Å². The summed E-state index contributed by atoms with van der Waals surface area (Å²) in [4.78, 5) is 11.3. The lowest BCUT2D eigenvalue weighted by atomic mass is 9.94. The molecule has 0 spiro atoms. The number of halogens is 2. The second kappa shape index (κ2) is 5.47. The number of anilines is 1. The first-order valence-corrected chi connectivity index (χ1v) is 7.05. The number of nitrogens with one attached hydrogen (secondary N) is 1. The zero-order chi connectivity index (χ0) is 15.0. The average molecular weight is 305 g/mol. The molecule has 21 heavy (non-hydrogen) atoms. The van der Waals surface area contributed by atoms with E-state index in [0.29, 0.717) is 29.1 Å². The quantitative estimate of drug-likeness (QED) is 0.893. The Balaban J connectivity index is 2.01. The number of benzene rings is 2. The van der Waals surface area contributed by atoms with Crippen LogP contribution in [0.25, 0.3) is 0 Å². The van der Waals surface area contributed by atoms with Crippen molar-refractivity contribution in [2.45, 2.75) is 18.9 Å². The highest BCUT2D eigenvalue weighted by atomic mass is 35.5. The second-order valence-corrected chi connectivity index (χ2v) is 5.55. The van der Waals surface area contributed by atoms with E-state index in [1.807, 2.05) is 6.07 Å². The fourth-order valence-electron chi connectivity index (χ4n) is 2.54. The first-order chi connectivity index (χ1) is 10.0. The van der Waals surface area contributed by atoms with Gasteiger partial charge in [-0.1, -0.05) is 23.7 Å². The zero-order valence-electron chi connectivity index (χ0n) is 11.2. The van der Waals surface area contributed by atoms with Crippen molar-refractivity contribution in [1.82, 2.24) is 0 Å². The van der Waals surface area contributed by atoms with Crippen molar-refractivity contribution in [3.8, 4) is 0 Å². The molecule has 2 aromatic carbocycles. The van der Waals surface area contributed by atoms with Crippen molar-refractivity contribution in [1.29, 1.82) is 0 Å². The molecule has 1 aliphatic rings. The summed E-state index contributed by atoms with van der Waals surface area (Å²) in [5.74, 6) is -0.516. The molecule has 0 saturated heterocycles. The van der Waals surface area contributed by atoms with Crippen molar-refractivity contribution in [3.05, 3.63) is 63.9 Å². The van der Waals surface area contributed by atoms with Crippen molar-refractivity contribution in [2.75, 3.05) is 5.32 Å². The third kappa shape index (κ3) is 2.77. The molecule has 1 amide bonds. The van der Waals surface area contributed by atoms with Crippen LogP contribution in [0.15, 0.2) is 36.4 Å². The Bertz CT molecular complexity index is 717. The van der Waals surface area contributed by atoms with Gasteiger partial charge in [0.05, 0.1) is 6.04 Å². The predicted octanol–water partition coefficient (Wildman–Crippen LogP) is 3.41. The lowest BCUT2D eigenvalue weighted by molar-refractivity contribution is -0.116. The molecule has 1 aliphatic heterocycles. The minimum absolute atomic E-state index is 0.0891. The van der Waals surface area contributed by atoms with Crippen molar-refractivity contribution < 1.29 is 9.18 Å². The molecular weight excluding hydrogens is 291 g/mol. The maximum atomic E-state index is 14.3. The molecule has 2 aromatic rings. The van der Waals surface area contributed by atoms with Crippen LogP contribution in [0.3, 0.4) is 0 Å². The highest BCUT2D eigenvalue weighted by Gasteiger charge is 2.21. The second-order valence-electron chi connectivity index (χ2n) is 5.11. The van der Waals surface area contributed by atoms with Gasteiger partial charge in [0.25, 0.3) is 0 Å². The molecule has 0 radical (unpaired) electrons. The normalized spacial score (nSPS) is 15.3. The van der Waals surface area contributed by atoms with Gasteiger partial charge in [-0.15, -0.1) is 0 Å². The third-order valence-electron chi connectivity index (χ3n) is 3.66. The number of carbonyl (C=O) groups is 1. The van der Waals surface area contributed by atoms with E-state index in [1.54, 1.807) is 24.3 Å². The topological polar surface area (TPSA) is 55.1 Å². The maximum absolute atomic E-state index is 14.3. The maximum Gasteiger partial charge on any atom is 0.224 e. The van der Waals surface area contributed by atoms with Gasteiger partial charge in [0.15, 0.2) is 0 Å². The summed E-state index contributed by atoms with van der Waals surface area (Å²) in [5.41, 5.74) is 8.76. The molecule has 0 saturated carbocycles. The van der Waals surface area contributed by atoms with E-state index in [9.17, 15) is 9.18 Å². The molecule has 3 N–H and O–H groups in total. The minimum Gasteiger partial charge on any atom is -0.326 e. The van der Waals surface area contributed by atoms with E-state index in [0.717, 1.165) is 11.1 Å². The lowest BCUT2D eigenvalue weighted by Gasteiger charge is -2.21. The first-order valence-electron chi connectivity index (χ1n) is 6.68. The minimum atomic E-state index is -0.591. The van der Waals surface area contributed by atoms with Crippen molar-refractivity contribution in [3.63, 3.8) is 0 Å². The zero-order valence-corrected chi connectivity index (χ0v) is 12.0. The fourth-order valence-corrected chi connectivity index (χ4v) is 2.74. The lowest BCUT2D eigenvalue weighted by Crippen LogP contribution is -2.21. The third-order valence-corrected chi connectivity index (χ3v) is 3.90. The van der Waals surface area contributed by atoms with Crippen molar-refractivity contribution in [2.24, 2.45) is 5.73 Å². The standard InChI is InChI=1S/C16H14ClFN2O/c17-11-3-1-2-10(6-11)16(19)12-7-9-4-5-15(21)20-14(9)8-13(12)18/h1-3,6-8,16H,4-5,19H2,(H,20,21). The number of amides is 1. The van der Waals surface area contributed by atoms with E-state index in [1.165, 1.54) is 6.07 Å². The number of hydrogen-bond donors (Lipinski definition) is 2. The molecule has 0 aromatic heterocycles. The molecule has 1 unspecified atom stereocenters. The van der Waals surface area contributed by atoms with Gasteiger partial charge in [-0.25, -0.2) is 4.39 Å². The van der Waals surface area contributed by atoms with Gasteiger partial charge < -0.3 is 11.1 Å². The summed E-state index contributed by atoms with van der Waals surface area (Å²) in [6, 6.07) is 9.56. The summed E-state index contributed by atoms with van der Waals surface area (Å²) in [6.45, 7) is 0. The van der Waals surface area contributed by atoms with Crippen LogP contribution in [-0.2, 0) is 11.2 Å². The van der Waals surface area contributed by atoms with Crippen LogP contribution in [-0.4, -0.2) is 5.91 Å². The van der Waals surface area contributed by atoms with E-state index in [-0.39, 0.29) is 5.91 Å². The number of fused-ring (bicyclic) bond motifs is 1. The molecule has 1 heterocycles. The SMILES string of the molecule is NC(c1cccc(Cl)c1)c1cc2c(cc1F)NC(=O)CC2. The summed E-state index contributed by atoms with van der Waals surface area (Å²) >= 11 is 5.95. The van der Waals surface area contributed by atoms with E-state index < -0.39 is 11.9 Å². The predicted molar refractivity (Wildman–Crippen MR) is 80.8 cm³/mol. The molecule has 5 heteroatoms. The van der Waals surface area contributed by atoms with Gasteiger partial charge in [0.2, 0.25) is 5.91 Å². The molecule has 0 fully saturated rings. The van der Waals surface area contributed by atoms with Crippen LogP contribution in [0.5, 0.6) is 0 Å². The van der Waals surface area contributed by atoms with Gasteiger partial charge in [0, 0.05) is 22.7 Å². The van der Waals surface area contributed by atoms with Gasteiger partial charge >= 0.3 is 0 Å². The number of hydrogen-bond acceptors (Lipinski definition) is 2. The smallest absolute Gasteiger partial charge is 0.224 e. The van der Waals surface area contributed by atoms with Crippen molar-refractivity contribution >= 4 is 23.2 Å². The molecule has 108 valence electrons. The Morgan fingerprint density at radius 1 is 1.24 bits per heavy atom. The van der Waals surface area contributed by atoms with Crippen LogP contribution < -0.4 is 11.1 Å². The summed E-state index contributed by atoms with van der Waals surface area (Å²) in [5, 5.41) is 3.24. The van der Waals surface area contributed by atoms with Crippen LogP contribution in [0.1, 0.15) is 29.2 Å². The molecule has 0 bridgehead atoms. The Labute approximate surface area is 126 Å². The Morgan fingerprint density at radius 3 is 2.81 bits per heavy atom. The number of aryl methyl sites for hydroxylation is 1. The van der Waals surface area contributed by atoms with Gasteiger partial charge in [0.1, 0.15) is 5.82 Å². The van der Waals surface area contributed by atoms with Gasteiger partial charge in [-0.2, -0.15) is 0 Å². The highest BCUT2D eigenvalue weighted by Crippen LogP contribution is 2.31. The molecular formula is C16H14ClFN2O. The largest absolute Gasteiger partial charge is 0.326 e. The summed E-state index contributed by atoms with van der Waals surface area (Å²) in [7, 11) is 0. The van der Waals surface area contributed by atoms with Crippen LogP contribution in [0.4, 0.5) is 10.1 Å². The van der Waals surface area contributed by atoms with Crippen LogP contribution in [0, 0.1) is 5.82 Å². The number of nitrogens with two attached hydrogens (primary N) is 1. The Kier molecular flexibility index (Phi) is 3.66. The Morgan fingerprint density at radius 2 is 2.05 bits per heavy atom. The van der Waals surface area contributed by atoms with E-state index >= 15 is 0 Å². The fraction of sp³-hybridized carbons (Fsp3) is 0.188. The molecule has 3 nitrogen and oxygen atoms in total. The van der Waals surface area contributed by atoms with Crippen LogP contribution >= 0.6 is 11.6 Å². The molecule has 0 aliphatic carbocycles. The molecule has 3 rings (SSSR count). The summed E-state index contributed by atoms with van der Waals surface area (Å²) in [6.07, 6.45) is 1.00. The summed E-state index contributed by atoms with van der Waals surface area (Å²) < 4.78 is 14.3. The number of rotatable bonds is 2. The van der Waals surface area contributed by atoms with E-state index in [4.69, 9.17) is 17.3 Å². The first kappa shape index (κ1) is 14.0. The van der Waals surface area contributed by atoms with Gasteiger partial charge in [-0.3, -0.25) is 4.79 Å². The highest BCUT2D eigenvalue weighted by molar-refractivity contribution is 6.30. The number of carbonyl (C=O) groups excluding carboxylic acids is 1.